The number of aliphatic hydroxyl groups is 1. The lowest BCUT2D eigenvalue weighted by molar-refractivity contribution is 0.286. The third-order valence-electron chi connectivity index (χ3n) is 4.82. The summed E-state index contributed by atoms with van der Waals surface area (Å²) in [6.07, 6.45) is 4.20. The van der Waals surface area contributed by atoms with E-state index in [4.69, 9.17) is 10.8 Å². The molecule has 0 bridgehead atoms. The summed E-state index contributed by atoms with van der Waals surface area (Å²) in [5, 5.41) is 22.6. The largest absolute Gasteiger partial charge is 0.508 e. The highest BCUT2D eigenvalue weighted by atomic mass is 16.3. The number of phenolic OH excluding ortho intramolecular Hbond substituents is 1. The molecule has 7 nitrogen and oxygen atoms in total. The zero-order valence-electron chi connectivity index (χ0n) is 15.9. The molecule has 29 heavy (non-hydrogen) atoms. The van der Waals surface area contributed by atoms with Gasteiger partial charge in [0.1, 0.15) is 17.9 Å². The van der Waals surface area contributed by atoms with E-state index < -0.39 is 0 Å². The number of anilines is 1. The van der Waals surface area contributed by atoms with E-state index in [1.807, 2.05) is 35.0 Å². The van der Waals surface area contributed by atoms with E-state index >= 15 is 0 Å². The average molecular weight is 389 g/mol. The quantitative estimate of drug-likeness (QED) is 0.362. The second-order valence-corrected chi connectivity index (χ2v) is 6.84. The van der Waals surface area contributed by atoms with Crippen LogP contribution in [0, 0.1) is 0 Å². The number of nitrogens with two attached hydrogens (primary N) is 1. The van der Waals surface area contributed by atoms with Crippen LogP contribution in [0.1, 0.15) is 12.0 Å². The molecule has 2 aromatic carbocycles. The van der Waals surface area contributed by atoms with Gasteiger partial charge in [-0.25, -0.2) is 9.97 Å². The summed E-state index contributed by atoms with van der Waals surface area (Å²) < 4.78 is 2.01. The summed E-state index contributed by atoms with van der Waals surface area (Å²) in [4.78, 5) is 8.64. The fourth-order valence-corrected chi connectivity index (χ4v) is 3.40. The van der Waals surface area contributed by atoms with Crippen LogP contribution in [0.15, 0.2) is 61.1 Å². The van der Waals surface area contributed by atoms with E-state index in [0.29, 0.717) is 5.82 Å². The molecule has 0 saturated heterocycles. The minimum atomic E-state index is 0.184. The van der Waals surface area contributed by atoms with Crippen LogP contribution < -0.4 is 11.1 Å². The first-order valence-corrected chi connectivity index (χ1v) is 9.49. The summed E-state index contributed by atoms with van der Waals surface area (Å²) in [7, 11) is 0. The minimum absolute atomic E-state index is 0.184. The first kappa shape index (κ1) is 18.9. The highest BCUT2D eigenvalue weighted by Gasteiger charge is 2.16. The maximum Gasteiger partial charge on any atom is 0.150 e. The van der Waals surface area contributed by atoms with Crippen LogP contribution in [0.4, 0.5) is 5.82 Å². The van der Waals surface area contributed by atoms with Gasteiger partial charge in [0.05, 0.1) is 5.39 Å². The van der Waals surface area contributed by atoms with Crippen molar-refractivity contribution in [2.24, 2.45) is 0 Å². The Labute approximate surface area is 168 Å². The summed E-state index contributed by atoms with van der Waals surface area (Å²) in [5.41, 5.74) is 10.9. The van der Waals surface area contributed by atoms with Crippen molar-refractivity contribution in [1.82, 2.24) is 19.9 Å². The molecule has 7 heteroatoms. The van der Waals surface area contributed by atoms with Crippen LogP contribution in [0.3, 0.4) is 0 Å². The van der Waals surface area contributed by atoms with Gasteiger partial charge in [-0.2, -0.15) is 0 Å². The first-order chi connectivity index (χ1) is 14.2. The van der Waals surface area contributed by atoms with Gasteiger partial charge in [-0.15, -0.1) is 0 Å². The number of aromatic hydroxyl groups is 1. The van der Waals surface area contributed by atoms with Crippen molar-refractivity contribution < 1.29 is 10.2 Å². The number of hydrogen-bond acceptors (Lipinski definition) is 6. The van der Waals surface area contributed by atoms with E-state index in [-0.39, 0.29) is 12.4 Å². The van der Waals surface area contributed by atoms with Gasteiger partial charge in [-0.05, 0) is 48.4 Å². The Hall–Kier alpha value is -3.42. The summed E-state index contributed by atoms with van der Waals surface area (Å²) in [5.74, 6) is 0.627. The Bertz CT molecular complexity index is 1120. The van der Waals surface area contributed by atoms with E-state index in [0.717, 1.165) is 52.9 Å². The van der Waals surface area contributed by atoms with Crippen molar-refractivity contribution in [2.75, 3.05) is 18.9 Å². The molecule has 4 rings (SSSR count). The standard InChI is InChI=1S/C22H23N5O2/c23-21-20-19(16-5-7-18(29)8-6-16)13-27(22(20)26-14-25-21)17-4-1-3-15(11-17)12-24-9-2-10-28/h1,3-8,11,13-14,24,28-29H,2,9-10,12H2,(H2,23,25,26). The van der Waals surface area contributed by atoms with Gasteiger partial charge in [0.2, 0.25) is 0 Å². The number of nitrogens with zero attached hydrogens (tertiary/aromatic N) is 3. The molecule has 0 saturated carbocycles. The van der Waals surface area contributed by atoms with E-state index in [9.17, 15) is 5.11 Å². The number of benzene rings is 2. The van der Waals surface area contributed by atoms with Gasteiger partial charge in [0, 0.05) is 30.6 Å². The van der Waals surface area contributed by atoms with Gasteiger partial charge in [-0.1, -0.05) is 24.3 Å². The zero-order chi connectivity index (χ0) is 20.2. The van der Waals surface area contributed by atoms with Crippen molar-refractivity contribution in [3.63, 3.8) is 0 Å². The minimum Gasteiger partial charge on any atom is -0.508 e. The van der Waals surface area contributed by atoms with Crippen molar-refractivity contribution in [3.8, 4) is 22.6 Å². The van der Waals surface area contributed by atoms with Crippen LogP contribution in [-0.2, 0) is 6.54 Å². The molecule has 0 aliphatic heterocycles. The third kappa shape index (κ3) is 3.91. The molecule has 0 aliphatic rings. The second-order valence-electron chi connectivity index (χ2n) is 6.84. The van der Waals surface area contributed by atoms with Crippen LogP contribution >= 0.6 is 0 Å². The van der Waals surface area contributed by atoms with Crippen LogP contribution in [0.2, 0.25) is 0 Å². The molecule has 0 radical (unpaired) electrons. The fourth-order valence-electron chi connectivity index (χ4n) is 3.40. The number of rotatable bonds is 7. The van der Waals surface area contributed by atoms with E-state index in [1.54, 1.807) is 12.1 Å². The number of phenols is 1. The molecule has 0 fully saturated rings. The highest BCUT2D eigenvalue weighted by Crippen LogP contribution is 2.34. The van der Waals surface area contributed by atoms with E-state index in [1.165, 1.54) is 6.33 Å². The molecule has 5 N–H and O–H groups in total. The number of hydrogen-bond donors (Lipinski definition) is 4. The zero-order valence-corrected chi connectivity index (χ0v) is 15.9. The molecule has 2 heterocycles. The monoisotopic (exact) mass is 389 g/mol. The molecular formula is C22H23N5O2. The van der Waals surface area contributed by atoms with Crippen LogP contribution in [-0.4, -0.2) is 37.9 Å². The Balaban J connectivity index is 1.77. The Kier molecular flexibility index (Phi) is 5.41. The predicted molar refractivity (Wildman–Crippen MR) is 114 cm³/mol. The molecule has 0 amide bonds. The fraction of sp³-hybridized carbons (Fsp3) is 0.182. The maximum absolute atomic E-state index is 9.62. The van der Waals surface area contributed by atoms with Gasteiger partial charge >= 0.3 is 0 Å². The molecule has 0 spiro atoms. The number of aromatic nitrogens is 3. The molecule has 0 unspecified atom stereocenters. The predicted octanol–water partition coefficient (Wildman–Crippen LogP) is 2.85. The third-order valence-corrected chi connectivity index (χ3v) is 4.82. The molecule has 148 valence electrons. The number of fused-ring (bicyclic) bond motifs is 1. The topological polar surface area (TPSA) is 109 Å². The molecular weight excluding hydrogens is 366 g/mol. The lowest BCUT2D eigenvalue weighted by Gasteiger charge is -2.08. The van der Waals surface area contributed by atoms with Gasteiger partial charge in [0.25, 0.3) is 0 Å². The smallest absolute Gasteiger partial charge is 0.150 e. The Morgan fingerprint density at radius 1 is 1.07 bits per heavy atom. The van der Waals surface area contributed by atoms with Crippen molar-refractivity contribution in [3.05, 3.63) is 66.6 Å². The summed E-state index contributed by atoms with van der Waals surface area (Å²) >= 11 is 0. The van der Waals surface area contributed by atoms with Crippen molar-refractivity contribution in [1.29, 1.82) is 0 Å². The summed E-state index contributed by atoms with van der Waals surface area (Å²) in [6.45, 7) is 1.67. The Morgan fingerprint density at radius 2 is 1.90 bits per heavy atom. The van der Waals surface area contributed by atoms with Gasteiger partial charge in [-0.3, -0.25) is 0 Å². The highest BCUT2D eigenvalue weighted by molar-refractivity contribution is 6.01. The number of nitrogen functional groups attached to an aromatic ring is 1. The molecule has 4 aromatic rings. The summed E-state index contributed by atoms with van der Waals surface area (Å²) in [6, 6.07) is 15.2. The Morgan fingerprint density at radius 3 is 2.69 bits per heavy atom. The molecule has 0 atom stereocenters. The molecule has 2 aromatic heterocycles. The van der Waals surface area contributed by atoms with E-state index in [2.05, 4.69) is 27.4 Å². The lowest BCUT2D eigenvalue weighted by Crippen LogP contribution is -2.15. The maximum atomic E-state index is 9.62. The van der Waals surface area contributed by atoms with Crippen molar-refractivity contribution in [2.45, 2.75) is 13.0 Å². The van der Waals surface area contributed by atoms with Gasteiger partial charge < -0.3 is 25.8 Å². The molecule has 0 aliphatic carbocycles. The first-order valence-electron chi connectivity index (χ1n) is 9.49. The lowest BCUT2D eigenvalue weighted by atomic mass is 10.1. The number of nitrogens with one attached hydrogen (secondary N) is 1. The van der Waals surface area contributed by atoms with Crippen molar-refractivity contribution >= 4 is 16.9 Å². The average Bonchev–Trinajstić information content (AvgIpc) is 3.13. The van der Waals surface area contributed by atoms with Crippen LogP contribution in [0.25, 0.3) is 27.8 Å². The second kappa shape index (κ2) is 8.30. The van der Waals surface area contributed by atoms with Crippen LogP contribution in [0.5, 0.6) is 5.75 Å². The normalized spacial score (nSPS) is 11.2. The number of aliphatic hydroxyl groups excluding tert-OH is 1. The SMILES string of the molecule is Nc1ncnc2c1c(-c1ccc(O)cc1)cn2-c1cccc(CNCCCO)c1. The van der Waals surface area contributed by atoms with Gasteiger partial charge in [0.15, 0.2) is 5.65 Å².